The molecule has 0 aromatic heterocycles. The summed E-state index contributed by atoms with van der Waals surface area (Å²) in [5, 5.41) is -1.34. The molecule has 5 fully saturated rings. The minimum atomic E-state index is -1.99. The molecule has 0 spiro atoms. The predicted octanol–water partition coefficient (Wildman–Crippen LogP) is 3.16. The van der Waals surface area contributed by atoms with Gasteiger partial charge in [0.25, 0.3) is 0 Å². The van der Waals surface area contributed by atoms with Gasteiger partial charge in [-0.15, -0.1) is 34.8 Å². The first kappa shape index (κ1) is 13.5. The zero-order valence-corrected chi connectivity index (χ0v) is 13.3. The summed E-state index contributed by atoms with van der Waals surface area (Å²) >= 11 is 31.0. The molecule has 5 aliphatic rings. The van der Waals surface area contributed by atoms with Crippen molar-refractivity contribution in [3.63, 3.8) is 0 Å². The van der Waals surface area contributed by atoms with Gasteiger partial charge in [-0.2, -0.15) is 0 Å². The first-order valence-electron chi connectivity index (χ1n) is 6.17. The van der Waals surface area contributed by atoms with Crippen LogP contribution >= 0.6 is 58.0 Å². The number of carbonyl (C=O) groups is 2. The third kappa shape index (κ3) is 1.09. The second-order valence-electron chi connectivity index (χ2n) is 6.15. The Kier molecular flexibility index (Phi) is 2.41. The third-order valence-electron chi connectivity index (χ3n) is 5.60. The number of halogens is 5. The summed E-state index contributed by atoms with van der Waals surface area (Å²) in [5.41, 5.74) is 0. The Balaban J connectivity index is 1.91. The van der Waals surface area contributed by atoms with Crippen LogP contribution in [0.25, 0.3) is 0 Å². The van der Waals surface area contributed by atoms with Gasteiger partial charge < -0.3 is 0 Å². The standard InChI is InChI=1S/C12H9Cl5O2/c13-7-8(18)10(14)5-3-1-4(2-3)6(5)11(10,15)9(19)12(7,16)17/h3-7H,1-2H2/t3?,4?,5-,6+,7?,10?,11?/m1/s1. The van der Waals surface area contributed by atoms with Crippen LogP contribution < -0.4 is 0 Å². The lowest BCUT2D eigenvalue weighted by Gasteiger charge is -2.63. The fourth-order valence-electron chi connectivity index (χ4n) is 4.78. The van der Waals surface area contributed by atoms with Gasteiger partial charge in [0.05, 0.1) is 0 Å². The van der Waals surface area contributed by atoms with Crippen molar-refractivity contribution in [1.29, 1.82) is 0 Å². The monoisotopic (exact) mass is 360 g/mol. The second-order valence-corrected chi connectivity index (χ2v) is 9.16. The topological polar surface area (TPSA) is 34.1 Å². The minimum absolute atomic E-state index is 0.0567. The summed E-state index contributed by atoms with van der Waals surface area (Å²) in [6.45, 7) is 0. The van der Waals surface area contributed by atoms with Gasteiger partial charge in [0.1, 0.15) is 15.1 Å². The van der Waals surface area contributed by atoms with Crippen LogP contribution in [0.5, 0.6) is 0 Å². The Morgan fingerprint density at radius 1 is 0.895 bits per heavy atom. The zero-order valence-electron chi connectivity index (χ0n) is 9.51. The van der Waals surface area contributed by atoms with E-state index in [-0.39, 0.29) is 11.8 Å². The molecule has 0 radical (unpaired) electrons. The van der Waals surface area contributed by atoms with E-state index in [1.807, 2.05) is 0 Å². The SMILES string of the molecule is O=C1C(Cl)C(Cl)(Cl)C(=O)C2(Cl)[C@H]3C4CC(C4)[C@H]3C12Cl. The molecule has 0 aliphatic heterocycles. The van der Waals surface area contributed by atoms with Crippen LogP contribution in [-0.4, -0.2) is 31.0 Å². The Morgan fingerprint density at radius 3 is 1.89 bits per heavy atom. The van der Waals surface area contributed by atoms with Crippen molar-refractivity contribution in [2.24, 2.45) is 23.7 Å². The van der Waals surface area contributed by atoms with E-state index in [0.717, 1.165) is 12.8 Å². The summed E-state index contributed by atoms with van der Waals surface area (Å²) in [6.07, 6.45) is 1.95. The quantitative estimate of drug-likeness (QED) is 0.621. The van der Waals surface area contributed by atoms with Crippen LogP contribution in [0.3, 0.4) is 0 Å². The van der Waals surface area contributed by atoms with Gasteiger partial charge in [0.15, 0.2) is 11.6 Å². The lowest BCUT2D eigenvalue weighted by Crippen LogP contribution is -2.82. The van der Waals surface area contributed by atoms with Crippen LogP contribution in [0.15, 0.2) is 0 Å². The summed E-state index contributed by atoms with van der Waals surface area (Å²) in [4.78, 5) is 22.2. The number of alkyl halides is 5. The highest BCUT2D eigenvalue weighted by atomic mass is 35.5. The van der Waals surface area contributed by atoms with Gasteiger partial charge >= 0.3 is 0 Å². The first-order valence-corrected chi connectivity index (χ1v) is 8.12. The van der Waals surface area contributed by atoms with Crippen molar-refractivity contribution in [1.82, 2.24) is 0 Å². The predicted molar refractivity (Wildman–Crippen MR) is 74.5 cm³/mol. The Hall–Kier alpha value is 0.790. The molecular formula is C12H9Cl5O2. The van der Waals surface area contributed by atoms with Crippen LogP contribution in [-0.2, 0) is 9.59 Å². The minimum Gasteiger partial charge on any atom is -0.296 e. The number of rotatable bonds is 0. The molecule has 5 rings (SSSR count). The van der Waals surface area contributed by atoms with E-state index in [1.54, 1.807) is 0 Å². The van der Waals surface area contributed by atoms with Gasteiger partial charge in [-0.05, 0) is 36.5 Å². The molecule has 7 heteroatoms. The Bertz CT molecular complexity index is 528. The molecule has 0 amide bonds. The molecule has 0 heterocycles. The van der Waals surface area contributed by atoms with E-state index in [1.165, 1.54) is 0 Å². The van der Waals surface area contributed by atoms with Crippen molar-refractivity contribution in [2.45, 2.75) is 32.3 Å². The number of Topliss-reactive ketones (excluding diaryl/α,β-unsaturated/α-hetero) is 2. The lowest BCUT2D eigenvalue weighted by molar-refractivity contribution is -0.148. The van der Waals surface area contributed by atoms with Gasteiger partial charge in [-0.25, -0.2) is 0 Å². The maximum atomic E-state index is 12.6. The van der Waals surface area contributed by atoms with Crippen LogP contribution in [0.2, 0.25) is 0 Å². The van der Waals surface area contributed by atoms with Crippen LogP contribution in [0.1, 0.15) is 12.8 Å². The van der Waals surface area contributed by atoms with Crippen LogP contribution in [0, 0.1) is 23.7 Å². The van der Waals surface area contributed by atoms with Gasteiger partial charge in [0, 0.05) is 0 Å². The first-order chi connectivity index (χ1) is 8.68. The molecule has 5 aliphatic carbocycles. The van der Waals surface area contributed by atoms with Gasteiger partial charge in [-0.1, -0.05) is 23.2 Å². The van der Waals surface area contributed by atoms with Gasteiger partial charge in [-0.3, -0.25) is 9.59 Å². The van der Waals surface area contributed by atoms with Crippen molar-refractivity contribution >= 4 is 69.6 Å². The molecule has 0 aromatic rings. The molecule has 19 heavy (non-hydrogen) atoms. The zero-order chi connectivity index (χ0) is 14.0. The molecule has 0 aromatic carbocycles. The van der Waals surface area contributed by atoms with E-state index in [9.17, 15) is 9.59 Å². The highest BCUT2D eigenvalue weighted by Gasteiger charge is 2.89. The smallest absolute Gasteiger partial charge is 0.201 e. The Labute approximate surface area is 135 Å². The van der Waals surface area contributed by atoms with E-state index < -0.39 is 31.0 Å². The van der Waals surface area contributed by atoms with Crippen molar-refractivity contribution in [3.05, 3.63) is 0 Å². The molecule has 0 N–H and O–H groups in total. The van der Waals surface area contributed by atoms with E-state index >= 15 is 0 Å². The molecule has 0 saturated heterocycles. The summed E-state index contributed by atoms with van der Waals surface area (Å²) < 4.78 is -1.99. The maximum absolute atomic E-state index is 12.6. The van der Waals surface area contributed by atoms with Gasteiger partial charge in [0.2, 0.25) is 4.33 Å². The maximum Gasteiger partial charge on any atom is 0.201 e. The van der Waals surface area contributed by atoms with Crippen molar-refractivity contribution in [2.75, 3.05) is 0 Å². The van der Waals surface area contributed by atoms with E-state index in [2.05, 4.69) is 0 Å². The molecule has 5 saturated carbocycles. The second kappa shape index (κ2) is 3.41. The fraction of sp³-hybridized carbons (Fsp3) is 0.833. The average Bonchev–Trinajstić information content (AvgIpc) is 2.85. The number of hydrogen-bond acceptors (Lipinski definition) is 2. The number of fused-ring (bicyclic) bond motifs is 1. The van der Waals surface area contributed by atoms with Crippen molar-refractivity contribution < 1.29 is 9.59 Å². The Morgan fingerprint density at radius 2 is 1.37 bits per heavy atom. The van der Waals surface area contributed by atoms with Crippen molar-refractivity contribution in [3.8, 4) is 0 Å². The highest BCUT2D eigenvalue weighted by Crippen LogP contribution is 2.79. The summed E-state index contributed by atoms with van der Waals surface area (Å²) in [5.74, 6) is -0.518. The molecule has 5 atom stereocenters. The normalized spacial score (nSPS) is 61.0. The largest absolute Gasteiger partial charge is 0.296 e. The average molecular weight is 362 g/mol. The molecule has 2 nitrogen and oxygen atoms in total. The summed E-state index contributed by atoms with van der Waals surface area (Å²) in [6, 6.07) is 0. The molecule has 2 bridgehead atoms. The third-order valence-corrected chi connectivity index (χ3v) is 8.69. The summed E-state index contributed by atoms with van der Waals surface area (Å²) in [7, 11) is 0. The lowest BCUT2D eigenvalue weighted by atomic mass is 9.50. The number of ketones is 2. The molecule has 104 valence electrons. The number of carbonyl (C=O) groups excluding carboxylic acids is 2. The highest BCUT2D eigenvalue weighted by molar-refractivity contribution is 6.71. The van der Waals surface area contributed by atoms with Crippen LogP contribution in [0.4, 0.5) is 0 Å². The van der Waals surface area contributed by atoms with E-state index in [4.69, 9.17) is 58.0 Å². The molecular weight excluding hydrogens is 353 g/mol. The fourth-order valence-corrected chi connectivity index (χ4v) is 7.02. The van der Waals surface area contributed by atoms with E-state index in [0.29, 0.717) is 11.8 Å². The number of hydrogen-bond donors (Lipinski definition) is 0. The molecule has 3 unspecified atom stereocenters.